The Morgan fingerprint density at radius 3 is 2.83 bits per heavy atom. The number of ether oxygens (including phenoxy) is 1. The van der Waals surface area contributed by atoms with E-state index in [1.165, 1.54) is 22.5 Å². The van der Waals surface area contributed by atoms with E-state index in [0.717, 1.165) is 30.9 Å². The van der Waals surface area contributed by atoms with Gasteiger partial charge in [0.15, 0.2) is 5.13 Å². The summed E-state index contributed by atoms with van der Waals surface area (Å²) in [5.74, 6) is -0.0535. The van der Waals surface area contributed by atoms with Crippen molar-refractivity contribution < 1.29 is 9.53 Å². The Morgan fingerprint density at radius 1 is 1.21 bits per heavy atom. The first-order chi connectivity index (χ1) is 14.2. The van der Waals surface area contributed by atoms with Gasteiger partial charge in [0.2, 0.25) is 5.91 Å². The Morgan fingerprint density at radius 2 is 2.00 bits per heavy atom. The van der Waals surface area contributed by atoms with Crippen molar-refractivity contribution in [3.63, 3.8) is 0 Å². The van der Waals surface area contributed by atoms with E-state index in [0.29, 0.717) is 18.2 Å². The van der Waals surface area contributed by atoms with Crippen molar-refractivity contribution in [2.24, 2.45) is 0 Å². The number of hydrogen-bond acceptors (Lipinski definition) is 5. The third kappa shape index (κ3) is 5.29. The number of aryl methyl sites for hydroxylation is 1. The summed E-state index contributed by atoms with van der Waals surface area (Å²) in [4.78, 5) is 19.4. The first-order valence-corrected chi connectivity index (χ1v) is 10.7. The highest BCUT2D eigenvalue weighted by Crippen LogP contribution is 2.27. The van der Waals surface area contributed by atoms with Crippen LogP contribution in [0.15, 0.2) is 60.0 Å². The maximum absolute atomic E-state index is 12.5. The zero-order valence-electron chi connectivity index (χ0n) is 16.5. The van der Waals surface area contributed by atoms with Crippen LogP contribution in [0.2, 0.25) is 0 Å². The molecule has 1 unspecified atom stereocenters. The fourth-order valence-corrected chi connectivity index (χ4v) is 4.31. The molecule has 0 spiro atoms. The summed E-state index contributed by atoms with van der Waals surface area (Å²) >= 11 is 1.45. The van der Waals surface area contributed by atoms with Gasteiger partial charge in [-0.3, -0.25) is 9.69 Å². The van der Waals surface area contributed by atoms with E-state index >= 15 is 0 Å². The van der Waals surface area contributed by atoms with Crippen molar-refractivity contribution >= 4 is 22.4 Å². The van der Waals surface area contributed by atoms with E-state index in [9.17, 15) is 4.79 Å². The van der Waals surface area contributed by atoms with Gasteiger partial charge in [0.25, 0.3) is 0 Å². The van der Waals surface area contributed by atoms with Gasteiger partial charge in [-0.05, 0) is 18.1 Å². The summed E-state index contributed by atoms with van der Waals surface area (Å²) in [5, 5.41) is 5.55. The molecule has 2 aromatic carbocycles. The Kier molecular flexibility index (Phi) is 6.34. The zero-order valence-corrected chi connectivity index (χ0v) is 17.3. The van der Waals surface area contributed by atoms with Crippen LogP contribution in [-0.2, 0) is 16.1 Å². The summed E-state index contributed by atoms with van der Waals surface area (Å²) < 4.78 is 5.83. The minimum atomic E-state index is -0.0942. The van der Waals surface area contributed by atoms with Crippen LogP contribution in [0.3, 0.4) is 0 Å². The molecular weight excluding hydrogens is 382 g/mol. The number of anilines is 1. The van der Waals surface area contributed by atoms with E-state index < -0.39 is 0 Å². The first-order valence-electron chi connectivity index (χ1n) is 9.86. The lowest BCUT2D eigenvalue weighted by molar-refractivity contribution is -0.121. The average molecular weight is 408 g/mol. The molecular formula is C23H25N3O2S. The third-order valence-corrected chi connectivity index (χ3v) is 5.81. The number of morpholine rings is 1. The second-order valence-corrected chi connectivity index (χ2v) is 8.18. The van der Waals surface area contributed by atoms with Crippen molar-refractivity contribution in [3.05, 3.63) is 71.1 Å². The first kappa shape index (κ1) is 19.8. The number of carbonyl (C=O) groups is 1. The Hall–Kier alpha value is -2.54. The quantitative estimate of drug-likeness (QED) is 0.660. The van der Waals surface area contributed by atoms with Gasteiger partial charge in [-0.2, -0.15) is 0 Å². The third-order valence-electron chi connectivity index (χ3n) is 5.06. The molecule has 0 radical (unpaired) electrons. The van der Waals surface area contributed by atoms with E-state index in [-0.39, 0.29) is 12.0 Å². The van der Waals surface area contributed by atoms with Crippen LogP contribution in [0.4, 0.5) is 5.13 Å². The molecule has 5 nitrogen and oxygen atoms in total. The van der Waals surface area contributed by atoms with Crippen molar-refractivity contribution in [1.29, 1.82) is 0 Å². The van der Waals surface area contributed by atoms with E-state index in [2.05, 4.69) is 52.5 Å². The molecule has 0 bridgehead atoms. The minimum Gasteiger partial charge on any atom is -0.375 e. The summed E-state index contributed by atoms with van der Waals surface area (Å²) in [7, 11) is 0. The second kappa shape index (κ2) is 9.31. The summed E-state index contributed by atoms with van der Waals surface area (Å²) in [6.07, 6.45) is 0.244. The fraction of sp³-hybridized carbons (Fsp3) is 0.304. The van der Waals surface area contributed by atoms with Crippen LogP contribution in [0.5, 0.6) is 0 Å². The predicted molar refractivity (Wildman–Crippen MR) is 117 cm³/mol. The Labute approximate surface area is 175 Å². The monoisotopic (exact) mass is 407 g/mol. The lowest BCUT2D eigenvalue weighted by Crippen LogP contribution is -2.43. The summed E-state index contributed by atoms with van der Waals surface area (Å²) in [5.41, 5.74) is 4.44. The van der Waals surface area contributed by atoms with Gasteiger partial charge >= 0.3 is 0 Å². The van der Waals surface area contributed by atoms with Crippen molar-refractivity contribution in [3.8, 4) is 11.3 Å². The zero-order chi connectivity index (χ0) is 20.1. The molecule has 1 aromatic heterocycles. The van der Waals surface area contributed by atoms with Crippen molar-refractivity contribution in [2.45, 2.75) is 26.0 Å². The second-order valence-electron chi connectivity index (χ2n) is 7.32. The van der Waals surface area contributed by atoms with Crippen LogP contribution in [0.1, 0.15) is 17.5 Å². The number of rotatable bonds is 6. The van der Waals surface area contributed by atoms with Crippen LogP contribution in [0, 0.1) is 6.92 Å². The maximum Gasteiger partial charge on any atom is 0.228 e. The fourth-order valence-electron chi connectivity index (χ4n) is 3.58. The molecule has 1 amide bonds. The number of carbonyl (C=O) groups excluding carboxylic acids is 1. The largest absolute Gasteiger partial charge is 0.375 e. The van der Waals surface area contributed by atoms with Gasteiger partial charge in [-0.15, -0.1) is 11.3 Å². The Bertz CT molecular complexity index is 958. The molecule has 0 saturated carbocycles. The van der Waals surface area contributed by atoms with Crippen molar-refractivity contribution in [1.82, 2.24) is 9.88 Å². The number of hydrogen-bond donors (Lipinski definition) is 1. The maximum atomic E-state index is 12.5. The number of nitrogens with one attached hydrogen (secondary N) is 1. The summed E-state index contributed by atoms with van der Waals surface area (Å²) in [6, 6.07) is 18.5. The molecule has 0 aliphatic carbocycles. The molecule has 1 N–H and O–H groups in total. The lowest BCUT2D eigenvalue weighted by atomic mass is 10.1. The number of benzene rings is 2. The smallest absolute Gasteiger partial charge is 0.228 e. The topological polar surface area (TPSA) is 54.5 Å². The van der Waals surface area contributed by atoms with Gasteiger partial charge in [-0.25, -0.2) is 4.98 Å². The minimum absolute atomic E-state index is 0.0535. The van der Waals surface area contributed by atoms with Gasteiger partial charge in [0.1, 0.15) is 0 Å². The van der Waals surface area contributed by atoms with Gasteiger partial charge in [0.05, 0.1) is 24.8 Å². The van der Waals surface area contributed by atoms with Crippen LogP contribution < -0.4 is 5.32 Å². The van der Waals surface area contributed by atoms with Crippen molar-refractivity contribution in [2.75, 3.05) is 25.0 Å². The number of nitrogens with zero attached hydrogens (tertiary/aromatic N) is 2. The number of aromatic nitrogens is 1. The predicted octanol–water partition coefficient (Wildman–Crippen LogP) is 4.35. The molecule has 6 heteroatoms. The molecule has 150 valence electrons. The SMILES string of the molecule is Cc1ccccc1-c1csc(NC(=O)CC2CN(Cc3ccccc3)CCO2)n1. The van der Waals surface area contributed by atoms with Crippen LogP contribution in [-0.4, -0.2) is 41.6 Å². The van der Waals surface area contributed by atoms with E-state index in [1.807, 2.05) is 29.6 Å². The van der Waals surface area contributed by atoms with E-state index in [4.69, 9.17) is 4.74 Å². The standard InChI is InChI=1S/C23H25N3O2S/c1-17-7-5-6-10-20(17)21-16-29-23(24-21)25-22(27)13-19-15-26(11-12-28-19)14-18-8-3-2-4-9-18/h2-10,16,19H,11-15H2,1H3,(H,24,25,27). The average Bonchev–Trinajstić information content (AvgIpc) is 3.17. The van der Waals surface area contributed by atoms with Crippen LogP contribution >= 0.6 is 11.3 Å². The lowest BCUT2D eigenvalue weighted by Gasteiger charge is -2.32. The highest BCUT2D eigenvalue weighted by atomic mass is 32.1. The summed E-state index contributed by atoms with van der Waals surface area (Å²) in [6.45, 7) is 5.25. The molecule has 1 atom stereocenters. The van der Waals surface area contributed by atoms with Crippen LogP contribution in [0.25, 0.3) is 11.3 Å². The highest BCUT2D eigenvalue weighted by Gasteiger charge is 2.23. The van der Waals surface area contributed by atoms with E-state index in [1.54, 1.807) is 0 Å². The number of amides is 1. The molecule has 4 rings (SSSR count). The molecule has 29 heavy (non-hydrogen) atoms. The molecule has 1 saturated heterocycles. The molecule has 1 fully saturated rings. The molecule has 3 aromatic rings. The number of thiazole rings is 1. The van der Waals surface area contributed by atoms with Gasteiger partial charge in [-0.1, -0.05) is 54.6 Å². The Balaban J connectivity index is 1.31. The normalized spacial score (nSPS) is 17.2. The van der Waals surface area contributed by atoms with Gasteiger partial charge in [0, 0.05) is 30.6 Å². The van der Waals surface area contributed by atoms with Gasteiger partial charge < -0.3 is 10.1 Å². The highest BCUT2D eigenvalue weighted by molar-refractivity contribution is 7.14. The molecule has 2 heterocycles. The molecule has 1 aliphatic rings. The molecule has 1 aliphatic heterocycles.